The summed E-state index contributed by atoms with van der Waals surface area (Å²) in [5.74, 6) is 2.95. The fourth-order valence-corrected chi connectivity index (χ4v) is 3.42. The first kappa shape index (κ1) is 14.9. The van der Waals surface area contributed by atoms with Crippen LogP contribution in [0.4, 0.5) is 5.69 Å². The third-order valence-electron chi connectivity index (χ3n) is 3.57. The van der Waals surface area contributed by atoms with Crippen LogP contribution in [0.5, 0.6) is 0 Å². The SMILES string of the molecule is C#Cc1cccc(NCC2CCCN(S(C)(=O)=O)C2)c1. The lowest BCUT2D eigenvalue weighted by Gasteiger charge is -2.31. The highest BCUT2D eigenvalue weighted by molar-refractivity contribution is 7.88. The molecule has 2 rings (SSSR count). The van der Waals surface area contributed by atoms with E-state index in [4.69, 9.17) is 6.42 Å². The van der Waals surface area contributed by atoms with Gasteiger partial charge in [-0.1, -0.05) is 12.0 Å². The minimum Gasteiger partial charge on any atom is -0.385 e. The summed E-state index contributed by atoms with van der Waals surface area (Å²) in [6.45, 7) is 2.00. The number of benzene rings is 1. The summed E-state index contributed by atoms with van der Waals surface area (Å²) in [5.41, 5.74) is 1.83. The largest absolute Gasteiger partial charge is 0.385 e. The number of rotatable bonds is 4. The van der Waals surface area contributed by atoms with Crippen LogP contribution in [0, 0.1) is 18.3 Å². The molecular formula is C15H20N2O2S. The van der Waals surface area contributed by atoms with E-state index in [1.54, 1.807) is 4.31 Å². The molecule has 1 unspecified atom stereocenters. The van der Waals surface area contributed by atoms with Crippen molar-refractivity contribution in [3.63, 3.8) is 0 Å². The Labute approximate surface area is 121 Å². The van der Waals surface area contributed by atoms with Gasteiger partial charge in [-0.25, -0.2) is 12.7 Å². The molecule has 1 saturated heterocycles. The summed E-state index contributed by atoms with van der Waals surface area (Å²) in [6, 6.07) is 7.70. The molecule has 1 aromatic rings. The van der Waals surface area contributed by atoms with E-state index in [1.807, 2.05) is 24.3 Å². The molecule has 0 radical (unpaired) electrons. The number of sulfonamides is 1. The monoisotopic (exact) mass is 292 g/mol. The lowest BCUT2D eigenvalue weighted by Crippen LogP contribution is -2.41. The van der Waals surface area contributed by atoms with Gasteiger partial charge in [0.25, 0.3) is 0 Å². The second-order valence-corrected chi connectivity index (χ2v) is 7.22. The van der Waals surface area contributed by atoms with Crippen molar-refractivity contribution in [2.75, 3.05) is 31.2 Å². The molecule has 0 aromatic heterocycles. The quantitative estimate of drug-likeness (QED) is 0.860. The van der Waals surface area contributed by atoms with Crippen molar-refractivity contribution < 1.29 is 8.42 Å². The topological polar surface area (TPSA) is 49.4 Å². The maximum atomic E-state index is 11.6. The summed E-state index contributed by atoms with van der Waals surface area (Å²) in [5, 5.41) is 3.34. The molecule has 0 amide bonds. The molecule has 1 heterocycles. The molecule has 5 heteroatoms. The normalized spacial score (nSPS) is 20.3. The van der Waals surface area contributed by atoms with Gasteiger partial charge in [-0.3, -0.25) is 0 Å². The predicted octanol–water partition coefficient (Wildman–Crippen LogP) is 1.75. The van der Waals surface area contributed by atoms with Crippen molar-refractivity contribution in [3.05, 3.63) is 29.8 Å². The average Bonchev–Trinajstić information content (AvgIpc) is 2.45. The Kier molecular flexibility index (Phi) is 4.69. The molecule has 1 N–H and O–H groups in total. The van der Waals surface area contributed by atoms with Gasteiger partial charge in [0.2, 0.25) is 10.0 Å². The minimum atomic E-state index is -3.07. The third kappa shape index (κ3) is 3.99. The highest BCUT2D eigenvalue weighted by atomic mass is 32.2. The van der Waals surface area contributed by atoms with Crippen LogP contribution in [0.2, 0.25) is 0 Å². The summed E-state index contributed by atoms with van der Waals surface area (Å²) in [6.07, 6.45) is 8.62. The zero-order valence-corrected chi connectivity index (χ0v) is 12.5. The Balaban J connectivity index is 1.92. The van der Waals surface area contributed by atoms with Gasteiger partial charge in [-0.2, -0.15) is 0 Å². The van der Waals surface area contributed by atoms with Crippen molar-refractivity contribution in [1.82, 2.24) is 4.31 Å². The number of piperidine rings is 1. The van der Waals surface area contributed by atoms with Crippen LogP contribution in [-0.2, 0) is 10.0 Å². The van der Waals surface area contributed by atoms with E-state index in [-0.39, 0.29) is 0 Å². The van der Waals surface area contributed by atoms with Gasteiger partial charge in [0.15, 0.2) is 0 Å². The fourth-order valence-electron chi connectivity index (χ4n) is 2.48. The molecule has 0 saturated carbocycles. The molecule has 0 aliphatic carbocycles. The van der Waals surface area contributed by atoms with Gasteiger partial charge in [-0.15, -0.1) is 6.42 Å². The summed E-state index contributed by atoms with van der Waals surface area (Å²) in [4.78, 5) is 0. The van der Waals surface area contributed by atoms with Crippen LogP contribution in [-0.4, -0.2) is 38.6 Å². The van der Waals surface area contributed by atoms with Crippen molar-refractivity contribution in [2.24, 2.45) is 5.92 Å². The number of nitrogens with one attached hydrogen (secondary N) is 1. The lowest BCUT2D eigenvalue weighted by atomic mass is 9.99. The highest BCUT2D eigenvalue weighted by Crippen LogP contribution is 2.19. The van der Waals surface area contributed by atoms with E-state index < -0.39 is 10.0 Å². The summed E-state index contributed by atoms with van der Waals surface area (Å²) in [7, 11) is -3.07. The summed E-state index contributed by atoms with van der Waals surface area (Å²) < 4.78 is 24.7. The Morgan fingerprint density at radius 2 is 2.30 bits per heavy atom. The molecule has 0 bridgehead atoms. The van der Waals surface area contributed by atoms with Crippen molar-refractivity contribution in [1.29, 1.82) is 0 Å². The standard InChI is InChI=1S/C15H20N2O2S/c1-3-13-6-4-8-15(10-13)16-11-14-7-5-9-17(12-14)20(2,18)19/h1,4,6,8,10,14,16H,5,7,9,11-12H2,2H3. The van der Waals surface area contributed by atoms with Crippen LogP contribution < -0.4 is 5.32 Å². The van der Waals surface area contributed by atoms with Gasteiger partial charge in [0, 0.05) is 30.9 Å². The van der Waals surface area contributed by atoms with Gasteiger partial charge in [-0.05, 0) is 37.0 Å². The molecular weight excluding hydrogens is 272 g/mol. The molecule has 1 aromatic carbocycles. The van der Waals surface area contributed by atoms with Crippen molar-refractivity contribution in [2.45, 2.75) is 12.8 Å². The van der Waals surface area contributed by atoms with E-state index in [1.165, 1.54) is 6.26 Å². The molecule has 1 aliphatic heterocycles. The van der Waals surface area contributed by atoms with Crippen LogP contribution in [0.25, 0.3) is 0 Å². The van der Waals surface area contributed by atoms with Gasteiger partial charge < -0.3 is 5.32 Å². The smallest absolute Gasteiger partial charge is 0.211 e. The molecule has 108 valence electrons. The first-order valence-electron chi connectivity index (χ1n) is 6.74. The predicted molar refractivity (Wildman–Crippen MR) is 82.0 cm³/mol. The maximum Gasteiger partial charge on any atom is 0.211 e. The van der Waals surface area contributed by atoms with Crippen molar-refractivity contribution in [3.8, 4) is 12.3 Å². The molecule has 1 aliphatic rings. The van der Waals surface area contributed by atoms with E-state index in [9.17, 15) is 8.42 Å². The second-order valence-electron chi connectivity index (χ2n) is 5.24. The number of hydrogen-bond donors (Lipinski definition) is 1. The number of hydrogen-bond acceptors (Lipinski definition) is 3. The number of anilines is 1. The van der Waals surface area contributed by atoms with E-state index in [0.29, 0.717) is 19.0 Å². The zero-order valence-electron chi connectivity index (χ0n) is 11.7. The van der Waals surface area contributed by atoms with Crippen LogP contribution in [0.15, 0.2) is 24.3 Å². The Morgan fingerprint density at radius 3 is 3.00 bits per heavy atom. The Morgan fingerprint density at radius 1 is 1.50 bits per heavy atom. The Hall–Kier alpha value is -1.51. The fraction of sp³-hybridized carbons (Fsp3) is 0.467. The van der Waals surface area contributed by atoms with Crippen molar-refractivity contribution >= 4 is 15.7 Å². The van der Waals surface area contributed by atoms with E-state index >= 15 is 0 Å². The maximum absolute atomic E-state index is 11.6. The molecule has 0 spiro atoms. The first-order chi connectivity index (χ1) is 9.49. The number of nitrogens with zero attached hydrogens (tertiary/aromatic N) is 1. The van der Waals surface area contributed by atoms with E-state index in [2.05, 4.69) is 11.2 Å². The van der Waals surface area contributed by atoms with E-state index in [0.717, 1.165) is 30.6 Å². The van der Waals surface area contributed by atoms with Gasteiger partial charge >= 0.3 is 0 Å². The van der Waals surface area contributed by atoms with Gasteiger partial charge in [0.1, 0.15) is 0 Å². The molecule has 1 fully saturated rings. The highest BCUT2D eigenvalue weighted by Gasteiger charge is 2.25. The molecule has 1 atom stereocenters. The molecule has 4 nitrogen and oxygen atoms in total. The van der Waals surface area contributed by atoms with Crippen LogP contribution in [0.3, 0.4) is 0 Å². The lowest BCUT2D eigenvalue weighted by molar-refractivity contribution is 0.277. The second kappa shape index (κ2) is 6.29. The number of terminal acetylenes is 1. The Bertz CT molecular complexity index is 605. The minimum absolute atomic E-state index is 0.341. The third-order valence-corrected chi connectivity index (χ3v) is 4.84. The zero-order chi connectivity index (χ0) is 14.6. The van der Waals surface area contributed by atoms with Crippen LogP contribution in [0.1, 0.15) is 18.4 Å². The van der Waals surface area contributed by atoms with Crippen LogP contribution >= 0.6 is 0 Å². The first-order valence-corrected chi connectivity index (χ1v) is 8.59. The molecule has 20 heavy (non-hydrogen) atoms. The average molecular weight is 292 g/mol. The van der Waals surface area contributed by atoms with Gasteiger partial charge in [0.05, 0.1) is 6.26 Å². The summed E-state index contributed by atoms with van der Waals surface area (Å²) >= 11 is 0.